The number of benzene rings is 1. The summed E-state index contributed by atoms with van der Waals surface area (Å²) >= 11 is 0. The van der Waals surface area contributed by atoms with Gasteiger partial charge in [0.05, 0.1) is 0 Å². The van der Waals surface area contributed by atoms with Gasteiger partial charge in [-0.1, -0.05) is 0 Å². The van der Waals surface area contributed by atoms with Gasteiger partial charge in [0, 0.05) is 43.8 Å². The summed E-state index contributed by atoms with van der Waals surface area (Å²) in [4.78, 5) is 28.0. The minimum Gasteiger partial charge on any atom is -0.484 e. The van der Waals surface area contributed by atoms with Crippen LogP contribution in [0.1, 0.15) is 38.5 Å². The molecule has 1 N–H and O–H groups in total. The molecule has 27 heavy (non-hydrogen) atoms. The number of nitrogens with one attached hydrogen (secondary N) is 1. The van der Waals surface area contributed by atoms with Gasteiger partial charge in [-0.15, -0.1) is 12.4 Å². The van der Waals surface area contributed by atoms with Gasteiger partial charge in [0.1, 0.15) is 5.75 Å². The second-order valence-corrected chi connectivity index (χ2v) is 7.70. The van der Waals surface area contributed by atoms with E-state index in [1.165, 1.54) is 12.8 Å². The number of carbonyl (C=O) groups is 2. The van der Waals surface area contributed by atoms with Crippen molar-refractivity contribution in [1.29, 1.82) is 0 Å². The third kappa shape index (κ3) is 4.38. The number of fused-ring (bicyclic) bond motifs is 2. The van der Waals surface area contributed by atoms with Gasteiger partial charge >= 0.3 is 0 Å². The molecule has 0 aliphatic carbocycles. The number of piperidine rings is 1. The van der Waals surface area contributed by atoms with E-state index < -0.39 is 0 Å². The Morgan fingerprint density at radius 2 is 1.89 bits per heavy atom. The van der Waals surface area contributed by atoms with E-state index in [2.05, 4.69) is 5.32 Å². The van der Waals surface area contributed by atoms with Gasteiger partial charge in [-0.2, -0.15) is 0 Å². The van der Waals surface area contributed by atoms with E-state index in [1.54, 1.807) is 4.90 Å². The first-order valence-corrected chi connectivity index (χ1v) is 9.65. The summed E-state index contributed by atoms with van der Waals surface area (Å²) in [7, 11) is 1.89. The molecule has 1 aromatic rings. The van der Waals surface area contributed by atoms with Crippen molar-refractivity contribution >= 4 is 29.9 Å². The summed E-state index contributed by atoms with van der Waals surface area (Å²) < 4.78 is 5.68. The van der Waals surface area contributed by atoms with E-state index in [0.29, 0.717) is 30.3 Å². The van der Waals surface area contributed by atoms with Crippen molar-refractivity contribution in [3.05, 3.63) is 24.3 Å². The molecule has 0 saturated carbocycles. The van der Waals surface area contributed by atoms with Crippen molar-refractivity contribution in [3.63, 3.8) is 0 Å². The molecule has 0 radical (unpaired) electrons. The van der Waals surface area contributed by atoms with Gasteiger partial charge in [-0.3, -0.25) is 9.59 Å². The lowest BCUT2D eigenvalue weighted by Gasteiger charge is -2.35. The molecule has 3 saturated heterocycles. The average molecular weight is 394 g/mol. The molecule has 0 aromatic heterocycles. The maximum absolute atomic E-state index is 12.5. The minimum absolute atomic E-state index is 0. The number of hydrogen-bond acceptors (Lipinski definition) is 4. The van der Waals surface area contributed by atoms with Crippen LogP contribution in [0.15, 0.2) is 24.3 Å². The van der Waals surface area contributed by atoms with Crippen molar-refractivity contribution in [1.82, 2.24) is 10.2 Å². The molecular weight excluding hydrogens is 366 g/mol. The topological polar surface area (TPSA) is 61.9 Å². The Morgan fingerprint density at radius 1 is 1.22 bits per heavy atom. The van der Waals surface area contributed by atoms with Crippen LogP contribution in [0.3, 0.4) is 0 Å². The summed E-state index contributed by atoms with van der Waals surface area (Å²) in [6.45, 7) is 0.832. The number of ether oxygens (including phenoxy) is 1. The molecule has 3 aliphatic heterocycles. The Bertz CT molecular complexity index is 670. The molecule has 148 valence electrons. The van der Waals surface area contributed by atoms with Gasteiger partial charge in [0.2, 0.25) is 5.91 Å². The number of carbonyl (C=O) groups excluding carboxylic acids is 2. The quantitative estimate of drug-likeness (QED) is 0.834. The molecule has 2 amide bonds. The van der Waals surface area contributed by atoms with Crippen molar-refractivity contribution in [2.45, 2.75) is 56.7 Å². The summed E-state index contributed by atoms with van der Waals surface area (Å²) in [6.07, 6.45) is 6.07. The predicted octanol–water partition coefficient (Wildman–Crippen LogP) is 2.36. The van der Waals surface area contributed by atoms with Crippen LogP contribution >= 0.6 is 12.4 Å². The maximum atomic E-state index is 12.5. The zero-order chi connectivity index (χ0) is 18.1. The Hall–Kier alpha value is -1.79. The number of anilines is 1. The van der Waals surface area contributed by atoms with Crippen LogP contribution in [-0.4, -0.2) is 55.0 Å². The average Bonchev–Trinajstić information content (AvgIpc) is 3.24. The largest absolute Gasteiger partial charge is 0.484 e. The molecule has 0 spiro atoms. The number of nitrogens with zero attached hydrogens (tertiary/aromatic N) is 2. The first-order chi connectivity index (χ1) is 12.6. The number of rotatable bonds is 5. The number of likely N-dealkylation sites (N-methyl/N-ethyl adjacent to an activating group) is 1. The maximum Gasteiger partial charge on any atom is 0.260 e. The summed E-state index contributed by atoms with van der Waals surface area (Å²) in [6, 6.07) is 8.88. The van der Waals surface area contributed by atoms with E-state index in [0.717, 1.165) is 31.5 Å². The molecule has 3 fully saturated rings. The highest BCUT2D eigenvalue weighted by molar-refractivity contribution is 5.95. The van der Waals surface area contributed by atoms with Crippen molar-refractivity contribution < 1.29 is 14.3 Å². The molecule has 2 unspecified atom stereocenters. The first-order valence-electron chi connectivity index (χ1n) is 9.65. The van der Waals surface area contributed by atoms with Gasteiger partial charge < -0.3 is 19.9 Å². The Kier molecular flexibility index (Phi) is 6.27. The monoisotopic (exact) mass is 393 g/mol. The van der Waals surface area contributed by atoms with Gasteiger partial charge in [-0.25, -0.2) is 0 Å². The zero-order valence-electron chi connectivity index (χ0n) is 15.7. The molecule has 3 heterocycles. The van der Waals surface area contributed by atoms with Gasteiger partial charge in [0.15, 0.2) is 6.61 Å². The van der Waals surface area contributed by atoms with Crippen molar-refractivity contribution in [2.24, 2.45) is 0 Å². The Morgan fingerprint density at radius 3 is 2.48 bits per heavy atom. The highest BCUT2D eigenvalue weighted by atomic mass is 35.5. The molecule has 2 atom stereocenters. The number of halogens is 1. The van der Waals surface area contributed by atoms with Gasteiger partial charge in [0.25, 0.3) is 5.91 Å². The van der Waals surface area contributed by atoms with E-state index >= 15 is 0 Å². The van der Waals surface area contributed by atoms with Crippen molar-refractivity contribution in [3.8, 4) is 5.75 Å². The summed E-state index contributed by atoms with van der Waals surface area (Å²) in [5, 5.41) is 3.61. The van der Waals surface area contributed by atoms with E-state index in [9.17, 15) is 9.59 Å². The fourth-order valence-electron chi connectivity index (χ4n) is 4.44. The normalized spacial score (nSPS) is 26.6. The van der Waals surface area contributed by atoms with E-state index in [1.807, 2.05) is 36.2 Å². The lowest BCUT2D eigenvalue weighted by Crippen LogP contribution is -2.49. The van der Waals surface area contributed by atoms with E-state index in [-0.39, 0.29) is 30.8 Å². The third-order valence-electron chi connectivity index (χ3n) is 5.97. The molecule has 3 aliphatic rings. The smallest absolute Gasteiger partial charge is 0.260 e. The Balaban J connectivity index is 0.00000210. The number of hydrogen-bond donors (Lipinski definition) is 1. The molecule has 6 nitrogen and oxygen atoms in total. The highest BCUT2D eigenvalue weighted by Gasteiger charge is 2.36. The Labute approximate surface area is 166 Å². The van der Waals surface area contributed by atoms with Crippen LogP contribution in [-0.2, 0) is 9.59 Å². The van der Waals surface area contributed by atoms with Gasteiger partial charge in [-0.05, 0) is 56.4 Å². The van der Waals surface area contributed by atoms with Crippen LogP contribution < -0.4 is 15.0 Å². The molecular formula is C20H28ClN3O3. The van der Waals surface area contributed by atoms with Crippen LogP contribution in [0.5, 0.6) is 5.75 Å². The third-order valence-corrected chi connectivity index (χ3v) is 5.97. The van der Waals surface area contributed by atoms with Crippen LogP contribution in [0.4, 0.5) is 5.69 Å². The fraction of sp³-hybridized carbons (Fsp3) is 0.600. The van der Waals surface area contributed by atoms with Crippen LogP contribution in [0.2, 0.25) is 0 Å². The fourth-order valence-corrected chi connectivity index (χ4v) is 4.44. The zero-order valence-corrected chi connectivity index (χ0v) is 16.5. The van der Waals surface area contributed by atoms with Crippen LogP contribution in [0.25, 0.3) is 0 Å². The SMILES string of the molecule is CN(C(=O)COc1ccc(N2CCCC2=O)cc1)C1CC2CCC(C1)N2.Cl. The van der Waals surface area contributed by atoms with Crippen molar-refractivity contribution in [2.75, 3.05) is 25.1 Å². The summed E-state index contributed by atoms with van der Waals surface area (Å²) in [5.74, 6) is 0.856. The lowest BCUT2D eigenvalue weighted by atomic mass is 9.98. The number of amides is 2. The second-order valence-electron chi connectivity index (χ2n) is 7.70. The highest BCUT2D eigenvalue weighted by Crippen LogP contribution is 2.29. The summed E-state index contributed by atoms with van der Waals surface area (Å²) in [5.41, 5.74) is 0.897. The standard InChI is InChI=1S/C20H27N3O3.ClH/c1-22(17-11-14-4-5-15(12-17)21-14)20(25)13-26-18-8-6-16(7-9-18)23-10-2-3-19(23)24;/h6-9,14-15,17,21H,2-5,10-13H2,1H3;1H. The van der Waals surface area contributed by atoms with E-state index in [4.69, 9.17) is 4.74 Å². The second kappa shape index (κ2) is 8.48. The predicted molar refractivity (Wildman–Crippen MR) is 107 cm³/mol. The first kappa shape index (κ1) is 20.0. The lowest BCUT2D eigenvalue weighted by molar-refractivity contribution is -0.134. The molecule has 2 bridgehead atoms. The minimum atomic E-state index is 0. The molecule has 1 aromatic carbocycles. The molecule has 4 rings (SSSR count). The molecule has 7 heteroatoms. The van der Waals surface area contributed by atoms with Crippen LogP contribution in [0, 0.1) is 0 Å².